The van der Waals surface area contributed by atoms with Crippen LogP contribution in [0.3, 0.4) is 0 Å². The Hall–Kier alpha value is -1.71. The maximum absolute atomic E-state index is 9.24. The van der Waals surface area contributed by atoms with Crippen LogP contribution in [0.4, 0.5) is 0 Å². The molecule has 0 radical (unpaired) electrons. The summed E-state index contributed by atoms with van der Waals surface area (Å²) in [6.07, 6.45) is 0.976. The Morgan fingerprint density at radius 1 is 1.25 bits per heavy atom. The Bertz CT molecular complexity index is 297. The first-order chi connectivity index (χ1) is 5.65. The zero-order valence-electron chi connectivity index (χ0n) is 6.52. The Morgan fingerprint density at radius 2 is 1.75 bits per heavy atom. The molecule has 12 heavy (non-hydrogen) atoms. The number of nitrogens with zero attached hydrogens (tertiary/aromatic N) is 1. The number of oxime groups is 1. The summed E-state index contributed by atoms with van der Waals surface area (Å²) in [6.45, 7) is 1.74. The summed E-state index contributed by atoms with van der Waals surface area (Å²) in [7, 11) is 0. The van der Waals surface area contributed by atoms with Gasteiger partial charge in [0.1, 0.15) is 11.5 Å². The smallest absolute Gasteiger partial charge is 0.128 e. The first-order valence-electron chi connectivity index (χ1n) is 3.35. The molecule has 0 spiro atoms. The van der Waals surface area contributed by atoms with Crippen molar-refractivity contribution in [2.75, 3.05) is 0 Å². The fraction of sp³-hybridized carbons (Fsp3) is 0.125. The molecule has 0 aliphatic heterocycles. The SMILES string of the molecule is Cc1cc(O)c(/C=N/O)c(O)c1. The van der Waals surface area contributed by atoms with E-state index in [1.54, 1.807) is 6.92 Å². The third kappa shape index (κ3) is 1.47. The summed E-state index contributed by atoms with van der Waals surface area (Å²) in [5.74, 6) is -0.212. The van der Waals surface area contributed by atoms with Crippen molar-refractivity contribution < 1.29 is 15.4 Å². The summed E-state index contributed by atoms with van der Waals surface area (Å²) >= 11 is 0. The largest absolute Gasteiger partial charge is 0.507 e. The van der Waals surface area contributed by atoms with Crippen molar-refractivity contribution in [2.45, 2.75) is 6.92 Å². The quantitative estimate of drug-likeness (QED) is 0.334. The number of phenolic OH excluding ortho intramolecular Hbond substituents is 2. The van der Waals surface area contributed by atoms with Crippen LogP contribution in [0.5, 0.6) is 11.5 Å². The summed E-state index contributed by atoms with van der Waals surface area (Å²) in [5.41, 5.74) is 0.850. The van der Waals surface area contributed by atoms with Crippen LogP contribution >= 0.6 is 0 Å². The summed E-state index contributed by atoms with van der Waals surface area (Å²) in [5, 5.41) is 29.4. The average Bonchev–Trinajstić information content (AvgIpc) is 1.96. The summed E-state index contributed by atoms with van der Waals surface area (Å²) < 4.78 is 0. The van der Waals surface area contributed by atoms with Crippen molar-refractivity contribution in [1.82, 2.24) is 0 Å². The predicted octanol–water partition coefficient (Wildman–Crippen LogP) is 1.21. The Morgan fingerprint density at radius 3 is 2.17 bits per heavy atom. The van der Waals surface area contributed by atoms with Crippen molar-refractivity contribution in [3.05, 3.63) is 23.3 Å². The molecule has 0 unspecified atom stereocenters. The van der Waals surface area contributed by atoms with Gasteiger partial charge in [0.15, 0.2) is 0 Å². The highest BCUT2D eigenvalue weighted by atomic mass is 16.4. The van der Waals surface area contributed by atoms with Crippen LogP contribution in [0.25, 0.3) is 0 Å². The van der Waals surface area contributed by atoms with Crippen molar-refractivity contribution in [3.8, 4) is 11.5 Å². The van der Waals surface area contributed by atoms with E-state index in [9.17, 15) is 10.2 Å². The lowest BCUT2D eigenvalue weighted by Gasteiger charge is -2.02. The van der Waals surface area contributed by atoms with E-state index in [-0.39, 0.29) is 17.1 Å². The molecule has 0 fully saturated rings. The molecule has 64 valence electrons. The number of aromatic hydroxyl groups is 2. The molecule has 1 aromatic rings. The van der Waals surface area contributed by atoms with Crippen LogP contribution in [0, 0.1) is 6.92 Å². The lowest BCUT2D eigenvalue weighted by atomic mass is 10.1. The van der Waals surface area contributed by atoms with E-state index in [1.165, 1.54) is 12.1 Å². The molecule has 0 aliphatic carbocycles. The monoisotopic (exact) mass is 167 g/mol. The number of aryl methyl sites for hydroxylation is 1. The predicted molar refractivity (Wildman–Crippen MR) is 43.9 cm³/mol. The number of hydrogen-bond donors (Lipinski definition) is 3. The van der Waals surface area contributed by atoms with E-state index in [1.807, 2.05) is 0 Å². The lowest BCUT2D eigenvalue weighted by molar-refractivity contribution is 0.321. The molecule has 4 heteroatoms. The van der Waals surface area contributed by atoms with Crippen LogP contribution < -0.4 is 0 Å². The van der Waals surface area contributed by atoms with Crippen molar-refractivity contribution in [1.29, 1.82) is 0 Å². The number of rotatable bonds is 1. The van der Waals surface area contributed by atoms with Crippen LogP contribution in [0.2, 0.25) is 0 Å². The Labute approximate surface area is 69.4 Å². The highest BCUT2D eigenvalue weighted by molar-refractivity contribution is 5.86. The first kappa shape index (κ1) is 8.39. The van der Waals surface area contributed by atoms with E-state index >= 15 is 0 Å². The molecule has 0 heterocycles. The van der Waals surface area contributed by atoms with E-state index in [2.05, 4.69) is 5.16 Å². The van der Waals surface area contributed by atoms with Gasteiger partial charge < -0.3 is 15.4 Å². The maximum Gasteiger partial charge on any atom is 0.128 e. The summed E-state index contributed by atoms with van der Waals surface area (Å²) in [4.78, 5) is 0. The van der Waals surface area contributed by atoms with E-state index < -0.39 is 0 Å². The van der Waals surface area contributed by atoms with Gasteiger partial charge in [-0.15, -0.1) is 0 Å². The van der Waals surface area contributed by atoms with Gasteiger partial charge in [0.05, 0.1) is 11.8 Å². The molecular weight excluding hydrogens is 158 g/mol. The zero-order chi connectivity index (χ0) is 9.14. The normalized spacial score (nSPS) is 10.8. The highest BCUT2D eigenvalue weighted by Gasteiger charge is 2.05. The second kappa shape index (κ2) is 3.13. The molecule has 1 rings (SSSR count). The Balaban J connectivity index is 3.28. The highest BCUT2D eigenvalue weighted by Crippen LogP contribution is 2.26. The van der Waals surface area contributed by atoms with Crippen LogP contribution in [-0.4, -0.2) is 21.6 Å². The zero-order valence-corrected chi connectivity index (χ0v) is 6.52. The number of phenols is 2. The molecule has 0 saturated heterocycles. The van der Waals surface area contributed by atoms with Crippen molar-refractivity contribution >= 4 is 6.21 Å². The third-order valence-corrected chi connectivity index (χ3v) is 1.47. The average molecular weight is 167 g/mol. The van der Waals surface area contributed by atoms with Gasteiger partial charge in [-0.2, -0.15) is 0 Å². The molecule has 0 atom stereocenters. The third-order valence-electron chi connectivity index (χ3n) is 1.47. The van der Waals surface area contributed by atoms with Crippen molar-refractivity contribution in [3.63, 3.8) is 0 Å². The molecule has 0 bridgehead atoms. The fourth-order valence-electron chi connectivity index (χ4n) is 0.950. The lowest BCUT2D eigenvalue weighted by Crippen LogP contribution is -1.85. The van der Waals surface area contributed by atoms with Gasteiger partial charge in [0.25, 0.3) is 0 Å². The number of hydrogen-bond acceptors (Lipinski definition) is 4. The van der Waals surface area contributed by atoms with Gasteiger partial charge in [-0.3, -0.25) is 0 Å². The van der Waals surface area contributed by atoms with Crippen LogP contribution in [0.15, 0.2) is 17.3 Å². The number of benzene rings is 1. The minimum atomic E-state index is -0.106. The molecule has 4 nitrogen and oxygen atoms in total. The van der Waals surface area contributed by atoms with Crippen LogP contribution in [-0.2, 0) is 0 Å². The van der Waals surface area contributed by atoms with E-state index in [0.717, 1.165) is 11.8 Å². The van der Waals surface area contributed by atoms with E-state index in [0.29, 0.717) is 0 Å². The Kier molecular flexibility index (Phi) is 2.19. The minimum Gasteiger partial charge on any atom is -0.507 e. The fourth-order valence-corrected chi connectivity index (χ4v) is 0.950. The first-order valence-corrected chi connectivity index (χ1v) is 3.35. The van der Waals surface area contributed by atoms with Gasteiger partial charge in [-0.05, 0) is 24.6 Å². The van der Waals surface area contributed by atoms with Gasteiger partial charge in [-0.1, -0.05) is 5.16 Å². The van der Waals surface area contributed by atoms with Gasteiger partial charge in [0, 0.05) is 0 Å². The molecule has 0 aliphatic rings. The van der Waals surface area contributed by atoms with Crippen LogP contribution in [0.1, 0.15) is 11.1 Å². The second-order valence-electron chi connectivity index (χ2n) is 2.46. The second-order valence-corrected chi connectivity index (χ2v) is 2.46. The maximum atomic E-state index is 9.24. The standard InChI is InChI=1S/C8H9NO3/c1-5-2-7(10)6(4-9-12)8(11)3-5/h2-4,10-12H,1H3/b9-4+. The summed E-state index contributed by atoms with van der Waals surface area (Å²) in [6, 6.07) is 2.94. The molecule has 0 saturated carbocycles. The van der Waals surface area contributed by atoms with Crippen molar-refractivity contribution in [2.24, 2.45) is 5.16 Å². The minimum absolute atomic E-state index is 0.106. The topological polar surface area (TPSA) is 73.1 Å². The van der Waals surface area contributed by atoms with E-state index in [4.69, 9.17) is 5.21 Å². The molecule has 0 aromatic heterocycles. The molecule has 1 aromatic carbocycles. The van der Waals surface area contributed by atoms with Gasteiger partial charge >= 0.3 is 0 Å². The molecule has 3 N–H and O–H groups in total. The van der Waals surface area contributed by atoms with Gasteiger partial charge in [0.2, 0.25) is 0 Å². The molecular formula is C8H9NO3. The van der Waals surface area contributed by atoms with Gasteiger partial charge in [-0.25, -0.2) is 0 Å². The molecule has 0 amide bonds.